The summed E-state index contributed by atoms with van der Waals surface area (Å²) in [5, 5.41) is 9.71. The molecule has 122 valence electrons. The number of aryl methyl sites for hydroxylation is 1. The minimum absolute atomic E-state index is 0.0205. The molecule has 1 heterocycles. The topological polar surface area (TPSA) is 75.8 Å². The van der Waals surface area contributed by atoms with E-state index in [0.29, 0.717) is 0 Å². The average Bonchev–Trinajstić information content (AvgIpc) is 2.55. The minimum Gasteiger partial charge on any atom is -0.497 e. The summed E-state index contributed by atoms with van der Waals surface area (Å²) in [4.78, 5) is 13.4. The van der Waals surface area contributed by atoms with Crippen molar-refractivity contribution in [2.45, 2.75) is 31.8 Å². The van der Waals surface area contributed by atoms with E-state index in [1.807, 2.05) is 12.1 Å². The molecule has 1 atom stereocenters. The zero-order chi connectivity index (χ0) is 15.9. The summed E-state index contributed by atoms with van der Waals surface area (Å²) in [5.41, 5.74) is 6.45. The van der Waals surface area contributed by atoms with Crippen LogP contribution in [-0.4, -0.2) is 48.8 Å². The lowest BCUT2D eigenvalue weighted by Gasteiger charge is -2.33. The van der Waals surface area contributed by atoms with Gasteiger partial charge in [-0.15, -0.1) is 0 Å². The van der Waals surface area contributed by atoms with Crippen molar-refractivity contribution < 1.29 is 14.6 Å². The Morgan fingerprint density at radius 2 is 2.18 bits per heavy atom. The second kappa shape index (κ2) is 8.15. The quantitative estimate of drug-likeness (QED) is 0.793. The van der Waals surface area contributed by atoms with Crippen LogP contribution in [0.4, 0.5) is 0 Å². The van der Waals surface area contributed by atoms with Gasteiger partial charge in [-0.3, -0.25) is 4.79 Å². The number of aliphatic hydroxyl groups excluding tert-OH is 1. The summed E-state index contributed by atoms with van der Waals surface area (Å²) in [6.07, 6.45) is 2.81. The molecule has 5 nitrogen and oxygen atoms in total. The fraction of sp³-hybridized carbons (Fsp3) is 0.588. The highest BCUT2D eigenvalue weighted by molar-refractivity contribution is 5.78. The first-order chi connectivity index (χ1) is 10.6. The van der Waals surface area contributed by atoms with Gasteiger partial charge in [0.25, 0.3) is 0 Å². The molecular weight excluding hydrogens is 280 g/mol. The number of amides is 1. The summed E-state index contributed by atoms with van der Waals surface area (Å²) in [7, 11) is 1.68. The van der Waals surface area contributed by atoms with Crippen molar-refractivity contribution in [3.05, 3.63) is 29.8 Å². The summed E-state index contributed by atoms with van der Waals surface area (Å²) >= 11 is 0. The SMILES string of the molecule is COc1cccc(CCCN2CCC([C@@H](O)C(N)=O)CC2)c1. The molecule has 5 heteroatoms. The third-order valence-corrected chi connectivity index (χ3v) is 4.44. The molecule has 1 aromatic rings. The normalized spacial score (nSPS) is 18.1. The first-order valence-electron chi connectivity index (χ1n) is 7.93. The van der Waals surface area contributed by atoms with Crippen molar-refractivity contribution in [1.82, 2.24) is 4.90 Å². The van der Waals surface area contributed by atoms with E-state index in [1.165, 1.54) is 5.56 Å². The number of methoxy groups -OCH3 is 1. The Labute approximate surface area is 132 Å². The maximum absolute atomic E-state index is 11.0. The van der Waals surface area contributed by atoms with Gasteiger partial charge in [-0.05, 0) is 68.9 Å². The van der Waals surface area contributed by atoms with E-state index < -0.39 is 12.0 Å². The molecule has 1 aliphatic rings. The molecule has 0 spiro atoms. The highest BCUT2D eigenvalue weighted by atomic mass is 16.5. The summed E-state index contributed by atoms with van der Waals surface area (Å²) in [6, 6.07) is 8.18. The molecule has 0 aliphatic carbocycles. The van der Waals surface area contributed by atoms with Crippen LogP contribution in [-0.2, 0) is 11.2 Å². The van der Waals surface area contributed by atoms with Gasteiger partial charge in [0.2, 0.25) is 5.91 Å². The first-order valence-corrected chi connectivity index (χ1v) is 7.93. The number of nitrogens with two attached hydrogens (primary N) is 1. The number of hydrogen-bond donors (Lipinski definition) is 2. The number of rotatable bonds is 7. The molecule has 0 radical (unpaired) electrons. The van der Waals surface area contributed by atoms with Gasteiger partial charge < -0.3 is 20.5 Å². The Morgan fingerprint density at radius 3 is 2.82 bits per heavy atom. The molecule has 0 aromatic heterocycles. The molecular formula is C17H26N2O3. The standard InChI is InChI=1S/C17H26N2O3/c1-22-15-6-2-4-13(12-15)5-3-9-19-10-7-14(8-11-19)16(20)17(18)21/h2,4,6,12,14,16,20H,3,5,7-11H2,1H3,(H2,18,21)/t16-/m1/s1. The number of ether oxygens (including phenoxy) is 1. The summed E-state index contributed by atoms with van der Waals surface area (Å²) in [5.74, 6) is 0.322. The second-order valence-electron chi connectivity index (χ2n) is 5.98. The van der Waals surface area contributed by atoms with Gasteiger partial charge in [0.1, 0.15) is 11.9 Å². The molecule has 0 saturated carbocycles. The number of carbonyl (C=O) groups is 1. The van der Waals surface area contributed by atoms with E-state index in [-0.39, 0.29) is 5.92 Å². The van der Waals surface area contributed by atoms with Gasteiger partial charge in [0.15, 0.2) is 0 Å². The van der Waals surface area contributed by atoms with E-state index in [2.05, 4.69) is 17.0 Å². The Kier molecular flexibility index (Phi) is 6.21. The molecule has 3 N–H and O–H groups in total. The van der Waals surface area contributed by atoms with Gasteiger partial charge >= 0.3 is 0 Å². The zero-order valence-electron chi connectivity index (χ0n) is 13.2. The number of aliphatic hydroxyl groups is 1. The Bertz CT molecular complexity index is 485. The molecule has 1 saturated heterocycles. The third kappa shape index (κ3) is 4.71. The second-order valence-corrected chi connectivity index (χ2v) is 5.98. The van der Waals surface area contributed by atoms with E-state index in [1.54, 1.807) is 7.11 Å². The largest absolute Gasteiger partial charge is 0.497 e. The smallest absolute Gasteiger partial charge is 0.246 e. The lowest BCUT2D eigenvalue weighted by molar-refractivity contribution is -0.129. The van der Waals surface area contributed by atoms with Gasteiger partial charge in [-0.2, -0.15) is 0 Å². The highest BCUT2D eigenvalue weighted by Crippen LogP contribution is 2.21. The van der Waals surface area contributed by atoms with Crippen LogP contribution < -0.4 is 10.5 Å². The molecule has 0 bridgehead atoms. The number of primary amides is 1. The van der Waals surface area contributed by atoms with Gasteiger partial charge in [-0.1, -0.05) is 12.1 Å². The molecule has 0 unspecified atom stereocenters. The van der Waals surface area contributed by atoms with Crippen LogP contribution in [0.3, 0.4) is 0 Å². The number of hydrogen-bond acceptors (Lipinski definition) is 4. The van der Waals surface area contributed by atoms with Crippen LogP contribution >= 0.6 is 0 Å². The third-order valence-electron chi connectivity index (χ3n) is 4.44. The highest BCUT2D eigenvalue weighted by Gasteiger charge is 2.28. The number of benzene rings is 1. The fourth-order valence-corrected chi connectivity index (χ4v) is 3.06. The van der Waals surface area contributed by atoms with Crippen molar-refractivity contribution in [1.29, 1.82) is 0 Å². The molecule has 1 aromatic carbocycles. The summed E-state index contributed by atoms with van der Waals surface area (Å²) in [6.45, 7) is 2.89. The number of piperidine rings is 1. The number of likely N-dealkylation sites (tertiary alicyclic amines) is 1. The van der Waals surface area contributed by atoms with E-state index in [0.717, 1.165) is 51.1 Å². The van der Waals surface area contributed by atoms with E-state index in [4.69, 9.17) is 10.5 Å². The van der Waals surface area contributed by atoms with Crippen LogP contribution in [0, 0.1) is 5.92 Å². The van der Waals surface area contributed by atoms with Crippen molar-refractivity contribution in [2.24, 2.45) is 11.7 Å². The average molecular weight is 306 g/mol. The zero-order valence-corrected chi connectivity index (χ0v) is 13.2. The lowest BCUT2D eigenvalue weighted by Crippen LogP contribution is -2.43. The number of carbonyl (C=O) groups excluding carboxylic acids is 1. The lowest BCUT2D eigenvalue weighted by atomic mass is 9.91. The van der Waals surface area contributed by atoms with Gasteiger partial charge in [-0.25, -0.2) is 0 Å². The van der Waals surface area contributed by atoms with Crippen molar-refractivity contribution in [3.63, 3.8) is 0 Å². The predicted octanol–water partition coefficient (Wildman–Crippen LogP) is 1.19. The van der Waals surface area contributed by atoms with Crippen LogP contribution in [0.15, 0.2) is 24.3 Å². The maximum Gasteiger partial charge on any atom is 0.246 e. The van der Waals surface area contributed by atoms with Crippen LogP contribution in [0.1, 0.15) is 24.8 Å². The van der Waals surface area contributed by atoms with E-state index >= 15 is 0 Å². The molecule has 1 fully saturated rings. The number of nitrogens with zero attached hydrogens (tertiary/aromatic N) is 1. The van der Waals surface area contributed by atoms with Crippen LogP contribution in [0.5, 0.6) is 5.75 Å². The minimum atomic E-state index is -0.987. The van der Waals surface area contributed by atoms with Crippen LogP contribution in [0.25, 0.3) is 0 Å². The predicted molar refractivity (Wildman–Crippen MR) is 85.7 cm³/mol. The van der Waals surface area contributed by atoms with Gasteiger partial charge in [0.05, 0.1) is 7.11 Å². The Morgan fingerprint density at radius 1 is 1.45 bits per heavy atom. The molecule has 1 amide bonds. The molecule has 2 rings (SSSR count). The van der Waals surface area contributed by atoms with Crippen LogP contribution in [0.2, 0.25) is 0 Å². The summed E-state index contributed by atoms with van der Waals surface area (Å²) < 4.78 is 5.23. The van der Waals surface area contributed by atoms with Crippen molar-refractivity contribution in [3.8, 4) is 5.75 Å². The molecule has 1 aliphatic heterocycles. The monoisotopic (exact) mass is 306 g/mol. The Balaban J connectivity index is 1.69. The Hall–Kier alpha value is -1.59. The van der Waals surface area contributed by atoms with E-state index in [9.17, 15) is 9.90 Å². The first kappa shape index (κ1) is 16.8. The maximum atomic E-state index is 11.0. The van der Waals surface area contributed by atoms with Crippen molar-refractivity contribution >= 4 is 5.91 Å². The fourth-order valence-electron chi connectivity index (χ4n) is 3.06. The van der Waals surface area contributed by atoms with Crippen molar-refractivity contribution in [2.75, 3.05) is 26.7 Å². The molecule has 22 heavy (non-hydrogen) atoms. The van der Waals surface area contributed by atoms with Gasteiger partial charge in [0, 0.05) is 0 Å².